The van der Waals surface area contributed by atoms with Crippen molar-refractivity contribution in [1.29, 1.82) is 5.26 Å². The number of alkyl halides is 3. The van der Waals surface area contributed by atoms with Crippen molar-refractivity contribution < 1.29 is 27.2 Å². The number of halogens is 4. The van der Waals surface area contributed by atoms with Gasteiger partial charge in [0.25, 0.3) is 5.91 Å². The molecule has 2 amide bonds. The molecule has 3 heterocycles. The van der Waals surface area contributed by atoms with Crippen LogP contribution < -0.4 is 15.1 Å². The second-order valence-corrected chi connectivity index (χ2v) is 9.33. The van der Waals surface area contributed by atoms with Crippen LogP contribution in [0.15, 0.2) is 61.4 Å². The van der Waals surface area contributed by atoms with Gasteiger partial charge < -0.3 is 10.2 Å². The molecule has 0 saturated carbocycles. The summed E-state index contributed by atoms with van der Waals surface area (Å²) in [6.07, 6.45) is -0.0361. The normalized spacial score (nSPS) is 14.4. The standard InChI is InChI=1S/C30H24F4N6O2/c1-3-27(41)38-22-15-20(17-36-18-22)6-4-12-39(23-10-8-21(31)9-11-23)29(42)26-7-5-13-40(26)28-24(16-35)25(30(32,33)34)14-19(2)37-28/h3,8-11,14-15,17-18,26H,1,5,7,12-13H2,2H3,(H,38,41)/t26-/m0/s1. The summed E-state index contributed by atoms with van der Waals surface area (Å²) in [6.45, 7) is 4.83. The van der Waals surface area contributed by atoms with E-state index in [-0.39, 0.29) is 24.6 Å². The Morgan fingerprint density at radius 3 is 2.64 bits per heavy atom. The van der Waals surface area contributed by atoms with Crippen LogP contribution in [0.3, 0.4) is 0 Å². The van der Waals surface area contributed by atoms with E-state index in [1.54, 1.807) is 12.1 Å². The minimum absolute atomic E-state index is 0.0517. The molecule has 1 saturated heterocycles. The van der Waals surface area contributed by atoms with E-state index in [1.807, 2.05) is 0 Å². The Labute approximate surface area is 239 Å². The lowest BCUT2D eigenvalue weighted by Crippen LogP contribution is -2.47. The third-order valence-corrected chi connectivity index (χ3v) is 6.42. The Hall–Kier alpha value is -5.23. The van der Waals surface area contributed by atoms with Gasteiger partial charge in [-0.2, -0.15) is 18.4 Å². The molecule has 214 valence electrons. The quantitative estimate of drug-likeness (QED) is 0.252. The second kappa shape index (κ2) is 12.5. The molecule has 2 aromatic heterocycles. The smallest absolute Gasteiger partial charge is 0.343 e. The summed E-state index contributed by atoms with van der Waals surface area (Å²) >= 11 is 0. The maximum Gasteiger partial charge on any atom is 0.417 e. The maximum atomic E-state index is 14.0. The molecule has 0 unspecified atom stereocenters. The first-order chi connectivity index (χ1) is 20.0. The van der Waals surface area contributed by atoms with Gasteiger partial charge in [-0.15, -0.1) is 0 Å². The molecule has 0 spiro atoms. The van der Waals surface area contributed by atoms with Crippen molar-refractivity contribution in [2.45, 2.75) is 32.0 Å². The summed E-state index contributed by atoms with van der Waals surface area (Å²) in [4.78, 5) is 36.5. The number of amides is 2. The molecule has 1 N–H and O–H groups in total. The topological polar surface area (TPSA) is 102 Å². The Kier molecular flexibility index (Phi) is 8.87. The van der Waals surface area contributed by atoms with E-state index in [1.165, 1.54) is 53.4 Å². The van der Waals surface area contributed by atoms with E-state index in [0.29, 0.717) is 29.8 Å². The number of aromatic nitrogens is 2. The van der Waals surface area contributed by atoms with Gasteiger partial charge in [0.05, 0.1) is 24.0 Å². The fourth-order valence-corrected chi connectivity index (χ4v) is 4.56. The first kappa shape index (κ1) is 29.7. The number of benzene rings is 1. The number of nitrogens with zero attached hydrogens (tertiary/aromatic N) is 5. The van der Waals surface area contributed by atoms with Gasteiger partial charge in [-0.05, 0) is 62.2 Å². The Morgan fingerprint density at radius 2 is 1.98 bits per heavy atom. The lowest BCUT2D eigenvalue weighted by Gasteiger charge is -2.31. The van der Waals surface area contributed by atoms with Crippen molar-refractivity contribution in [3.8, 4) is 17.9 Å². The molecule has 1 aliphatic heterocycles. The zero-order chi connectivity index (χ0) is 30.4. The molecule has 1 fully saturated rings. The summed E-state index contributed by atoms with van der Waals surface area (Å²) in [5.41, 5.74) is -0.578. The van der Waals surface area contributed by atoms with Crippen LogP contribution >= 0.6 is 0 Å². The highest BCUT2D eigenvalue weighted by atomic mass is 19.4. The Morgan fingerprint density at radius 1 is 1.24 bits per heavy atom. The number of pyridine rings is 2. The third kappa shape index (κ3) is 6.73. The Balaban J connectivity index is 1.68. The summed E-state index contributed by atoms with van der Waals surface area (Å²) in [7, 11) is 0. The van der Waals surface area contributed by atoms with Gasteiger partial charge in [-0.1, -0.05) is 18.4 Å². The van der Waals surface area contributed by atoms with Crippen LogP contribution in [-0.2, 0) is 15.8 Å². The first-order valence-electron chi connectivity index (χ1n) is 12.7. The minimum Gasteiger partial charge on any atom is -0.343 e. The van der Waals surface area contributed by atoms with Gasteiger partial charge in [0.2, 0.25) is 5.91 Å². The van der Waals surface area contributed by atoms with Crippen LogP contribution in [0.25, 0.3) is 0 Å². The molecule has 0 radical (unpaired) electrons. The molecule has 1 aromatic carbocycles. The SMILES string of the molecule is C=CC(=O)Nc1cncc(C#CCN(C(=O)[C@@H]2CCCN2c2nc(C)cc(C(F)(F)F)c2C#N)c2ccc(F)cc2)c1. The number of nitriles is 1. The van der Waals surface area contributed by atoms with Gasteiger partial charge in [0.15, 0.2) is 0 Å². The first-order valence-corrected chi connectivity index (χ1v) is 12.7. The number of hydrogen-bond acceptors (Lipinski definition) is 6. The van der Waals surface area contributed by atoms with E-state index in [4.69, 9.17) is 0 Å². The van der Waals surface area contributed by atoms with Crippen molar-refractivity contribution in [3.05, 3.63) is 89.6 Å². The van der Waals surface area contributed by atoms with Crippen molar-refractivity contribution in [3.63, 3.8) is 0 Å². The number of nitrogens with one attached hydrogen (secondary N) is 1. The predicted molar refractivity (Wildman–Crippen MR) is 148 cm³/mol. The number of hydrogen-bond donors (Lipinski definition) is 1. The van der Waals surface area contributed by atoms with E-state index in [0.717, 1.165) is 12.1 Å². The zero-order valence-corrected chi connectivity index (χ0v) is 22.4. The molecule has 42 heavy (non-hydrogen) atoms. The lowest BCUT2D eigenvalue weighted by atomic mass is 10.1. The average molecular weight is 577 g/mol. The largest absolute Gasteiger partial charge is 0.417 e. The van der Waals surface area contributed by atoms with E-state index in [2.05, 4.69) is 33.7 Å². The molecule has 0 bridgehead atoms. The van der Waals surface area contributed by atoms with E-state index >= 15 is 0 Å². The van der Waals surface area contributed by atoms with Crippen LogP contribution in [0.2, 0.25) is 0 Å². The lowest BCUT2D eigenvalue weighted by molar-refractivity contribution is -0.137. The van der Waals surface area contributed by atoms with Crippen molar-refractivity contribution in [2.24, 2.45) is 0 Å². The van der Waals surface area contributed by atoms with Gasteiger partial charge in [0, 0.05) is 29.7 Å². The van der Waals surface area contributed by atoms with Crippen LogP contribution in [0.1, 0.15) is 35.2 Å². The summed E-state index contributed by atoms with van der Waals surface area (Å²) in [6, 6.07) is 8.21. The summed E-state index contributed by atoms with van der Waals surface area (Å²) in [5.74, 6) is 4.09. The second-order valence-electron chi connectivity index (χ2n) is 9.33. The number of rotatable bonds is 6. The van der Waals surface area contributed by atoms with Crippen molar-refractivity contribution in [2.75, 3.05) is 28.2 Å². The number of carbonyl (C=O) groups excluding carboxylic acids is 2. The van der Waals surface area contributed by atoms with Crippen LogP contribution in [-0.4, -0.2) is 40.9 Å². The predicted octanol–water partition coefficient (Wildman–Crippen LogP) is 4.99. The summed E-state index contributed by atoms with van der Waals surface area (Å²) < 4.78 is 55.0. The fourth-order valence-electron chi connectivity index (χ4n) is 4.56. The van der Waals surface area contributed by atoms with E-state index in [9.17, 15) is 32.4 Å². The zero-order valence-electron chi connectivity index (χ0n) is 22.4. The van der Waals surface area contributed by atoms with Gasteiger partial charge in [-0.3, -0.25) is 19.5 Å². The van der Waals surface area contributed by atoms with Crippen molar-refractivity contribution >= 4 is 29.0 Å². The highest BCUT2D eigenvalue weighted by Crippen LogP contribution is 2.38. The molecule has 12 heteroatoms. The molecular weight excluding hydrogens is 552 g/mol. The van der Waals surface area contributed by atoms with Crippen molar-refractivity contribution in [1.82, 2.24) is 9.97 Å². The Bertz CT molecular complexity index is 1620. The third-order valence-electron chi connectivity index (χ3n) is 6.42. The molecular formula is C30H24F4N6O2. The molecule has 3 aromatic rings. The minimum atomic E-state index is -4.79. The molecule has 8 nitrogen and oxygen atoms in total. The molecule has 1 aliphatic rings. The number of carbonyl (C=O) groups is 2. The van der Waals surface area contributed by atoms with Crippen LogP contribution in [0.4, 0.5) is 34.8 Å². The van der Waals surface area contributed by atoms with Gasteiger partial charge in [0.1, 0.15) is 29.3 Å². The molecule has 4 rings (SSSR count). The van der Waals surface area contributed by atoms with Crippen LogP contribution in [0.5, 0.6) is 0 Å². The fraction of sp³-hybridized carbons (Fsp3) is 0.233. The highest BCUT2D eigenvalue weighted by molar-refractivity contribution is 6.00. The van der Waals surface area contributed by atoms with E-state index < -0.39 is 41.0 Å². The highest BCUT2D eigenvalue weighted by Gasteiger charge is 2.40. The van der Waals surface area contributed by atoms with Gasteiger partial charge in [-0.25, -0.2) is 9.37 Å². The van der Waals surface area contributed by atoms with Crippen LogP contribution in [0, 0.1) is 35.9 Å². The number of anilines is 3. The average Bonchev–Trinajstić information content (AvgIpc) is 3.45. The monoisotopic (exact) mass is 576 g/mol. The number of aryl methyl sites for hydroxylation is 1. The molecule has 1 atom stereocenters. The maximum absolute atomic E-state index is 14.0. The summed E-state index contributed by atoms with van der Waals surface area (Å²) in [5, 5.41) is 12.2. The van der Waals surface area contributed by atoms with Gasteiger partial charge >= 0.3 is 6.18 Å². The molecule has 0 aliphatic carbocycles.